The zero-order valence-electron chi connectivity index (χ0n) is 9.83. The second-order valence-electron chi connectivity index (χ2n) is 4.30. The standard InChI is InChI=1S/C12H19N3O/c1-2-3-4-8-15-12(16)9-11-10(14-15)6-5-7-13-11/h9,13H,2-8H2,1H3. The van der Waals surface area contributed by atoms with Gasteiger partial charge in [0.2, 0.25) is 0 Å². The Hall–Kier alpha value is -1.32. The summed E-state index contributed by atoms with van der Waals surface area (Å²) in [5.41, 5.74) is 1.99. The van der Waals surface area contributed by atoms with Crippen LogP contribution in [-0.4, -0.2) is 16.3 Å². The van der Waals surface area contributed by atoms with Crippen molar-refractivity contribution < 1.29 is 0 Å². The van der Waals surface area contributed by atoms with E-state index in [1.54, 1.807) is 10.7 Å². The summed E-state index contributed by atoms with van der Waals surface area (Å²) in [7, 11) is 0. The van der Waals surface area contributed by atoms with Gasteiger partial charge < -0.3 is 5.32 Å². The quantitative estimate of drug-likeness (QED) is 0.788. The van der Waals surface area contributed by atoms with Crippen LogP contribution in [0.2, 0.25) is 0 Å². The van der Waals surface area contributed by atoms with Crippen molar-refractivity contribution in [3.63, 3.8) is 0 Å². The van der Waals surface area contributed by atoms with Gasteiger partial charge in [0.15, 0.2) is 0 Å². The molecule has 1 N–H and O–H groups in total. The number of unbranched alkanes of at least 4 members (excludes halogenated alkanes) is 2. The lowest BCUT2D eigenvalue weighted by Crippen LogP contribution is -2.27. The summed E-state index contributed by atoms with van der Waals surface area (Å²) in [5.74, 6) is 0. The number of hydrogen-bond donors (Lipinski definition) is 1. The van der Waals surface area contributed by atoms with Crippen molar-refractivity contribution in [2.24, 2.45) is 0 Å². The molecule has 0 aromatic carbocycles. The average molecular weight is 221 g/mol. The summed E-state index contributed by atoms with van der Waals surface area (Å²) in [6, 6.07) is 1.69. The molecular weight excluding hydrogens is 202 g/mol. The number of aromatic nitrogens is 2. The highest BCUT2D eigenvalue weighted by Crippen LogP contribution is 2.16. The highest BCUT2D eigenvalue weighted by molar-refractivity contribution is 5.48. The lowest BCUT2D eigenvalue weighted by Gasteiger charge is -2.17. The van der Waals surface area contributed by atoms with E-state index in [1.165, 1.54) is 6.42 Å². The molecule has 0 aliphatic carbocycles. The molecule has 16 heavy (non-hydrogen) atoms. The van der Waals surface area contributed by atoms with Crippen molar-refractivity contribution in [1.29, 1.82) is 0 Å². The van der Waals surface area contributed by atoms with E-state index in [-0.39, 0.29) is 5.56 Å². The molecular formula is C12H19N3O. The third kappa shape index (κ3) is 2.43. The van der Waals surface area contributed by atoms with Crippen LogP contribution in [0.25, 0.3) is 0 Å². The molecule has 0 bridgehead atoms. The van der Waals surface area contributed by atoms with Crippen LogP contribution in [0.5, 0.6) is 0 Å². The summed E-state index contributed by atoms with van der Waals surface area (Å²) in [5, 5.41) is 7.65. The number of anilines is 1. The maximum absolute atomic E-state index is 11.7. The molecule has 0 radical (unpaired) electrons. The van der Waals surface area contributed by atoms with Crippen molar-refractivity contribution >= 4 is 5.69 Å². The minimum Gasteiger partial charge on any atom is -0.383 e. The van der Waals surface area contributed by atoms with Gasteiger partial charge in [-0.2, -0.15) is 5.10 Å². The highest BCUT2D eigenvalue weighted by Gasteiger charge is 2.12. The summed E-state index contributed by atoms with van der Waals surface area (Å²) in [6.45, 7) is 3.86. The normalized spacial score (nSPS) is 14.3. The van der Waals surface area contributed by atoms with Gasteiger partial charge in [0.25, 0.3) is 5.56 Å². The van der Waals surface area contributed by atoms with Gasteiger partial charge in [-0.25, -0.2) is 4.68 Å². The molecule has 0 atom stereocenters. The third-order valence-corrected chi connectivity index (χ3v) is 2.95. The van der Waals surface area contributed by atoms with E-state index < -0.39 is 0 Å². The Morgan fingerprint density at radius 2 is 2.38 bits per heavy atom. The molecule has 1 aromatic rings. The molecule has 0 spiro atoms. The molecule has 0 saturated heterocycles. The predicted octanol–water partition coefficient (Wildman–Crippen LogP) is 1.79. The third-order valence-electron chi connectivity index (χ3n) is 2.95. The van der Waals surface area contributed by atoms with Gasteiger partial charge in [-0.1, -0.05) is 19.8 Å². The number of nitrogens with zero attached hydrogens (tertiary/aromatic N) is 2. The Morgan fingerprint density at radius 1 is 1.50 bits per heavy atom. The smallest absolute Gasteiger partial charge is 0.268 e. The van der Waals surface area contributed by atoms with Gasteiger partial charge in [0.05, 0.1) is 11.4 Å². The van der Waals surface area contributed by atoms with Crippen molar-refractivity contribution in [2.45, 2.75) is 45.6 Å². The first-order valence-electron chi connectivity index (χ1n) is 6.16. The van der Waals surface area contributed by atoms with Crippen LogP contribution in [-0.2, 0) is 13.0 Å². The van der Waals surface area contributed by atoms with E-state index in [9.17, 15) is 4.79 Å². The summed E-state index contributed by atoms with van der Waals surface area (Å²) in [6.07, 6.45) is 5.45. The topological polar surface area (TPSA) is 46.9 Å². The minimum absolute atomic E-state index is 0.0178. The zero-order chi connectivity index (χ0) is 11.4. The van der Waals surface area contributed by atoms with Gasteiger partial charge in [-0.3, -0.25) is 4.79 Å². The number of nitrogens with one attached hydrogen (secondary N) is 1. The highest BCUT2D eigenvalue weighted by atomic mass is 16.1. The maximum atomic E-state index is 11.7. The first-order valence-corrected chi connectivity index (χ1v) is 6.16. The van der Waals surface area contributed by atoms with Crippen molar-refractivity contribution in [3.05, 3.63) is 22.1 Å². The summed E-state index contributed by atoms with van der Waals surface area (Å²) < 4.78 is 1.61. The Balaban J connectivity index is 2.16. The first-order chi connectivity index (χ1) is 7.81. The van der Waals surface area contributed by atoms with E-state index in [0.29, 0.717) is 0 Å². The molecule has 2 heterocycles. The Bertz CT molecular complexity index is 411. The molecule has 4 heteroatoms. The van der Waals surface area contributed by atoms with E-state index >= 15 is 0 Å². The maximum Gasteiger partial charge on any atom is 0.268 e. The number of fused-ring (bicyclic) bond motifs is 1. The fourth-order valence-electron chi connectivity index (χ4n) is 2.02. The van der Waals surface area contributed by atoms with Gasteiger partial charge in [0, 0.05) is 19.2 Å². The molecule has 88 valence electrons. The van der Waals surface area contributed by atoms with Crippen LogP contribution in [0.4, 0.5) is 5.69 Å². The second-order valence-corrected chi connectivity index (χ2v) is 4.30. The minimum atomic E-state index is 0.0178. The van der Waals surface area contributed by atoms with Crippen LogP contribution in [0.15, 0.2) is 10.9 Å². The lowest BCUT2D eigenvalue weighted by atomic mass is 10.1. The van der Waals surface area contributed by atoms with Gasteiger partial charge in [-0.15, -0.1) is 0 Å². The molecule has 0 saturated carbocycles. The monoisotopic (exact) mass is 221 g/mol. The molecule has 0 amide bonds. The molecule has 1 aliphatic heterocycles. The van der Waals surface area contributed by atoms with Crippen LogP contribution in [0.3, 0.4) is 0 Å². The largest absolute Gasteiger partial charge is 0.383 e. The van der Waals surface area contributed by atoms with Gasteiger partial charge in [-0.05, 0) is 19.3 Å². The van der Waals surface area contributed by atoms with Crippen molar-refractivity contribution in [3.8, 4) is 0 Å². The Morgan fingerprint density at radius 3 is 3.19 bits per heavy atom. The fraction of sp³-hybridized carbons (Fsp3) is 0.667. The van der Waals surface area contributed by atoms with Gasteiger partial charge >= 0.3 is 0 Å². The van der Waals surface area contributed by atoms with Crippen molar-refractivity contribution in [1.82, 2.24) is 9.78 Å². The zero-order valence-corrected chi connectivity index (χ0v) is 9.83. The van der Waals surface area contributed by atoms with Crippen LogP contribution in [0, 0.1) is 0 Å². The molecule has 0 fully saturated rings. The predicted molar refractivity (Wildman–Crippen MR) is 64.8 cm³/mol. The second kappa shape index (κ2) is 5.14. The number of hydrogen-bond acceptors (Lipinski definition) is 3. The molecule has 4 nitrogen and oxygen atoms in total. The van der Waals surface area contributed by atoms with Gasteiger partial charge in [0.1, 0.15) is 0 Å². The van der Waals surface area contributed by atoms with E-state index in [0.717, 1.165) is 50.2 Å². The van der Waals surface area contributed by atoms with Crippen LogP contribution in [0.1, 0.15) is 38.3 Å². The van der Waals surface area contributed by atoms with E-state index in [2.05, 4.69) is 17.3 Å². The number of rotatable bonds is 4. The first kappa shape index (κ1) is 11.2. The summed E-state index contributed by atoms with van der Waals surface area (Å²) in [4.78, 5) is 11.7. The molecule has 2 rings (SSSR count). The molecule has 1 aliphatic rings. The molecule has 1 aromatic heterocycles. The van der Waals surface area contributed by atoms with Crippen molar-refractivity contribution in [2.75, 3.05) is 11.9 Å². The van der Waals surface area contributed by atoms with Crippen LogP contribution >= 0.6 is 0 Å². The van der Waals surface area contributed by atoms with E-state index in [1.807, 2.05) is 0 Å². The lowest BCUT2D eigenvalue weighted by molar-refractivity contribution is 0.516. The average Bonchev–Trinajstić information content (AvgIpc) is 2.30. The fourth-order valence-corrected chi connectivity index (χ4v) is 2.02. The van der Waals surface area contributed by atoms with Crippen LogP contribution < -0.4 is 10.9 Å². The Labute approximate surface area is 95.7 Å². The summed E-state index contributed by atoms with van der Waals surface area (Å²) >= 11 is 0. The molecule has 0 unspecified atom stereocenters. The Kier molecular flexibility index (Phi) is 3.59. The number of aryl methyl sites for hydroxylation is 2. The SMILES string of the molecule is CCCCCn1nc2c(cc1=O)NCCC2. The van der Waals surface area contributed by atoms with E-state index in [4.69, 9.17) is 0 Å².